The monoisotopic (exact) mass is 453 g/mol. The first-order valence-corrected chi connectivity index (χ1v) is 9.03. The highest BCUT2D eigenvalue weighted by Crippen LogP contribution is 2.32. The van der Waals surface area contributed by atoms with Crippen LogP contribution in [0.25, 0.3) is 10.1 Å². The van der Waals surface area contributed by atoms with Gasteiger partial charge in [-0.3, -0.25) is 14.9 Å². The van der Waals surface area contributed by atoms with Crippen molar-refractivity contribution in [1.29, 1.82) is 0 Å². The van der Waals surface area contributed by atoms with E-state index in [0.29, 0.717) is 20.3 Å². The zero-order valence-corrected chi connectivity index (χ0v) is 15.9. The van der Waals surface area contributed by atoms with E-state index in [2.05, 4.69) is 26.5 Å². The molecule has 3 rings (SSSR count). The van der Waals surface area contributed by atoms with E-state index in [-0.39, 0.29) is 16.5 Å². The van der Waals surface area contributed by atoms with Crippen molar-refractivity contribution in [1.82, 2.24) is 5.43 Å². The summed E-state index contributed by atoms with van der Waals surface area (Å²) in [5.41, 5.74) is 2.93. The fourth-order valence-electron chi connectivity index (χ4n) is 2.14. The molecule has 132 valence electrons. The summed E-state index contributed by atoms with van der Waals surface area (Å²) in [5, 5.41) is 25.0. The molecule has 0 saturated carbocycles. The highest BCUT2D eigenvalue weighted by Gasteiger charge is 2.13. The third-order valence-electron chi connectivity index (χ3n) is 3.35. The van der Waals surface area contributed by atoms with Gasteiger partial charge in [-0.1, -0.05) is 11.6 Å². The van der Waals surface area contributed by atoms with E-state index in [1.807, 2.05) is 0 Å². The zero-order valence-electron chi connectivity index (χ0n) is 12.8. The minimum Gasteiger partial charge on any atom is -0.505 e. The van der Waals surface area contributed by atoms with Crippen LogP contribution in [0.3, 0.4) is 0 Å². The summed E-state index contributed by atoms with van der Waals surface area (Å²) < 4.78 is 1.17. The Morgan fingerprint density at radius 3 is 2.81 bits per heavy atom. The minimum atomic E-state index is -0.484. The Labute approximate surface area is 164 Å². The van der Waals surface area contributed by atoms with Crippen molar-refractivity contribution in [2.24, 2.45) is 5.10 Å². The quantitative estimate of drug-likeness (QED) is 0.339. The molecule has 0 aliphatic heterocycles. The second-order valence-electron chi connectivity index (χ2n) is 5.12. The van der Waals surface area contributed by atoms with Crippen LogP contribution in [0.4, 0.5) is 5.69 Å². The predicted octanol–water partition coefficient (Wildman–Crippen LogP) is 4.69. The molecule has 1 amide bonds. The summed E-state index contributed by atoms with van der Waals surface area (Å²) in [6.07, 6.45) is 1.38. The third-order valence-corrected chi connectivity index (χ3v) is 5.36. The highest BCUT2D eigenvalue weighted by atomic mass is 79.9. The number of carbonyl (C=O) groups excluding carboxylic acids is 1. The predicted molar refractivity (Wildman–Crippen MR) is 104 cm³/mol. The summed E-state index contributed by atoms with van der Waals surface area (Å²) in [6, 6.07) is 9.08. The number of phenolic OH excluding ortho intramolecular Hbond substituents is 1. The SMILES string of the molecule is O=C(NN=Cc1cc(Cl)c(O)c(Br)c1)c1cc2cc([N+](=O)[O-])ccc2s1. The second-order valence-corrected chi connectivity index (χ2v) is 7.47. The van der Waals surface area contributed by atoms with Gasteiger partial charge in [0.05, 0.1) is 25.5 Å². The van der Waals surface area contributed by atoms with Gasteiger partial charge in [0.25, 0.3) is 11.6 Å². The molecule has 0 atom stereocenters. The molecule has 2 aromatic carbocycles. The summed E-state index contributed by atoms with van der Waals surface area (Å²) >= 11 is 10.2. The van der Waals surface area contributed by atoms with E-state index in [1.165, 1.54) is 35.8 Å². The van der Waals surface area contributed by atoms with E-state index in [1.54, 1.807) is 18.2 Å². The van der Waals surface area contributed by atoms with Crippen molar-refractivity contribution >= 4 is 66.8 Å². The molecule has 0 aliphatic carbocycles. The average Bonchev–Trinajstić information content (AvgIpc) is 3.02. The molecule has 7 nitrogen and oxygen atoms in total. The number of nitro groups is 1. The number of hydrogen-bond acceptors (Lipinski definition) is 6. The van der Waals surface area contributed by atoms with E-state index >= 15 is 0 Å². The van der Waals surface area contributed by atoms with Crippen LogP contribution >= 0.6 is 38.9 Å². The van der Waals surface area contributed by atoms with Gasteiger partial charge in [0.2, 0.25) is 0 Å². The molecule has 0 spiro atoms. The first-order chi connectivity index (χ1) is 12.3. The Bertz CT molecular complexity index is 1040. The van der Waals surface area contributed by atoms with Crippen molar-refractivity contribution in [3.63, 3.8) is 0 Å². The van der Waals surface area contributed by atoms with Crippen molar-refractivity contribution in [2.45, 2.75) is 0 Å². The first kappa shape index (κ1) is 18.3. The maximum atomic E-state index is 12.2. The molecule has 1 heterocycles. The molecule has 1 aromatic heterocycles. The average molecular weight is 455 g/mol. The smallest absolute Gasteiger partial charge is 0.281 e. The number of amides is 1. The van der Waals surface area contributed by atoms with Crippen molar-refractivity contribution in [3.05, 3.63) is 66.4 Å². The number of phenols is 1. The molecule has 10 heteroatoms. The number of nitrogens with one attached hydrogen (secondary N) is 1. The largest absolute Gasteiger partial charge is 0.505 e. The van der Waals surface area contributed by atoms with Gasteiger partial charge in [-0.25, -0.2) is 5.43 Å². The number of rotatable bonds is 4. The van der Waals surface area contributed by atoms with Crippen LogP contribution in [0.15, 0.2) is 46.0 Å². The van der Waals surface area contributed by atoms with Crippen LogP contribution in [0.2, 0.25) is 5.02 Å². The van der Waals surface area contributed by atoms with Gasteiger partial charge in [0.1, 0.15) is 5.75 Å². The van der Waals surface area contributed by atoms with Gasteiger partial charge in [-0.05, 0) is 45.8 Å². The zero-order chi connectivity index (χ0) is 18.8. The number of fused-ring (bicyclic) bond motifs is 1. The highest BCUT2D eigenvalue weighted by molar-refractivity contribution is 9.10. The lowest BCUT2D eigenvalue weighted by molar-refractivity contribution is -0.384. The maximum absolute atomic E-state index is 12.2. The van der Waals surface area contributed by atoms with Gasteiger partial charge in [0, 0.05) is 22.2 Å². The van der Waals surface area contributed by atoms with E-state index < -0.39 is 10.8 Å². The van der Waals surface area contributed by atoms with E-state index in [4.69, 9.17) is 11.6 Å². The molecule has 0 fully saturated rings. The summed E-state index contributed by atoms with van der Waals surface area (Å²) in [5.74, 6) is -0.513. The van der Waals surface area contributed by atoms with Gasteiger partial charge in [-0.15, -0.1) is 11.3 Å². The fraction of sp³-hybridized carbons (Fsp3) is 0. The molecule has 0 aliphatic rings. The van der Waals surface area contributed by atoms with Crippen molar-refractivity contribution < 1.29 is 14.8 Å². The number of thiophene rings is 1. The number of halogens is 2. The van der Waals surface area contributed by atoms with Gasteiger partial charge < -0.3 is 5.11 Å². The van der Waals surface area contributed by atoms with Crippen LogP contribution in [0.1, 0.15) is 15.2 Å². The molecule has 0 bridgehead atoms. The maximum Gasteiger partial charge on any atom is 0.281 e. The molecular formula is C16H9BrClN3O4S. The Hall–Kier alpha value is -2.49. The lowest BCUT2D eigenvalue weighted by Crippen LogP contribution is -2.16. The van der Waals surface area contributed by atoms with Gasteiger partial charge in [-0.2, -0.15) is 5.10 Å². The normalized spacial score (nSPS) is 11.2. The van der Waals surface area contributed by atoms with Gasteiger partial charge >= 0.3 is 0 Å². The lowest BCUT2D eigenvalue weighted by atomic mass is 10.2. The molecule has 0 radical (unpaired) electrons. The Morgan fingerprint density at radius 1 is 1.35 bits per heavy atom. The number of nitrogens with zero attached hydrogens (tertiary/aromatic N) is 2. The topological polar surface area (TPSA) is 105 Å². The Balaban J connectivity index is 1.76. The van der Waals surface area contributed by atoms with Crippen LogP contribution < -0.4 is 5.43 Å². The number of benzene rings is 2. The third kappa shape index (κ3) is 3.85. The molecule has 26 heavy (non-hydrogen) atoms. The summed E-state index contributed by atoms with van der Waals surface area (Å²) in [6.45, 7) is 0. The number of hydrogen-bond donors (Lipinski definition) is 2. The lowest BCUT2D eigenvalue weighted by Gasteiger charge is -2.01. The second kappa shape index (κ2) is 7.40. The van der Waals surface area contributed by atoms with Crippen molar-refractivity contribution in [2.75, 3.05) is 0 Å². The van der Waals surface area contributed by atoms with Crippen LogP contribution in [-0.4, -0.2) is 22.2 Å². The fourth-order valence-corrected chi connectivity index (χ4v) is 3.89. The first-order valence-electron chi connectivity index (χ1n) is 7.04. The van der Waals surface area contributed by atoms with Crippen LogP contribution in [-0.2, 0) is 0 Å². The molecule has 3 aromatic rings. The molecule has 0 unspecified atom stereocenters. The van der Waals surface area contributed by atoms with Crippen LogP contribution in [0.5, 0.6) is 5.75 Å². The number of nitro benzene ring substituents is 1. The number of aromatic hydroxyl groups is 1. The minimum absolute atomic E-state index is 0.0323. The number of hydrazone groups is 1. The standard InChI is InChI=1S/C16H9BrClN3O4S/c17-11-3-8(4-12(18)15(11)22)7-19-20-16(23)14-6-9-5-10(21(24)25)1-2-13(9)26-14/h1-7,22H,(H,20,23). The summed E-state index contributed by atoms with van der Waals surface area (Å²) in [7, 11) is 0. The Kier molecular flexibility index (Phi) is 5.21. The van der Waals surface area contributed by atoms with E-state index in [0.717, 1.165) is 4.70 Å². The molecule has 2 N–H and O–H groups in total. The molecular weight excluding hydrogens is 446 g/mol. The summed E-state index contributed by atoms with van der Waals surface area (Å²) in [4.78, 5) is 22.9. The van der Waals surface area contributed by atoms with E-state index in [9.17, 15) is 20.0 Å². The van der Waals surface area contributed by atoms with Crippen molar-refractivity contribution in [3.8, 4) is 5.75 Å². The molecule has 0 saturated heterocycles. The number of carbonyl (C=O) groups is 1. The Morgan fingerprint density at radius 2 is 2.12 bits per heavy atom. The van der Waals surface area contributed by atoms with Gasteiger partial charge in [0.15, 0.2) is 0 Å². The number of non-ortho nitro benzene ring substituents is 1. The van der Waals surface area contributed by atoms with Crippen LogP contribution in [0, 0.1) is 10.1 Å².